The van der Waals surface area contributed by atoms with Crippen LogP contribution in [0.25, 0.3) is 16.7 Å². The van der Waals surface area contributed by atoms with Gasteiger partial charge in [-0.1, -0.05) is 32.9 Å². The van der Waals surface area contributed by atoms with Crippen LogP contribution in [-0.4, -0.2) is 78.8 Å². The molecule has 1 N–H and O–H groups in total. The average Bonchev–Trinajstić information content (AvgIpc) is 3.51. The summed E-state index contributed by atoms with van der Waals surface area (Å²) in [7, 11) is 1.79. The van der Waals surface area contributed by atoms with Crippen molar-refractivity contribution < 1.29 is 4.74 Å². The Balaban J connectivity index is 1.52. The number of fused-ring (bicyclic) bond motifs is 1. The molecule has 1 aromatic carbocycles. The molecule has 36 heavy (non-hydrogen) atoms. The lowest BCUT2D eigenvalue weighted by Gasteiger charge is -2.30. The molecule has 0 aliphatic carbocycles. The third-order valence-electron chi connectivity index (χ3n) is 6.45. The third-order valence-corrected chi connectivity index (χ3v) is 6.45. The van der Waals surface area contributed by atoms with Crippen molar-refractivity contribution in [1.29, 1.82) is 0 Å². The Morgan fingerprint density at radius 3 is 2.72 bits per heavy atom. The molecule has 0 atom stereocenters. The van der Waals surface area contributed by atoms with Crippen molar-refractivity contribution >= 4 is 17.0 Å². The van der Waals surface area contributed by atoms with E-state index in [4.69, 9.17) is 9.72 Å². The van der Waals surface area contributed by atoms with Crippen LogP contribution in [0.2, 0.25) is 0 Å². The van der Waals surface area contributed by atoms with Crippen LogP contribution in [0.5, 0.6) is 0 Å². The number of nitrogens with one attached hydrogen (secondary N) is 1. The summed E-state index contributed by atoms with van der Waals surface area (Å²) in [4.78, 5) is 29.8. The second-order valence-electron chi connectivity index (χ2n) is 10.2. The Hall–Kier alpha value is -3.57. The largest absolute Gasteiger partial charge is 0.379 e. The standard InChI is InChI=1S/C25H33N9O2/c1-25(2,3)22-20-21(31(4)30-22)23(35)29-24(28-20)33(9-8-32-10-12-36-13-11-32)15-18-6-5-7-19(14-18)34-17-26-16-27-34/h5-7,14,16-17H,8-13,15H2,1-4H3,(H,28,29,35). The van der Waals surface area contributed by atoms with Crippen LogP contribution < -0.4 is 10.5 Å². The molecule has 1 saturated heterocycles. The smallest absolute Gasteiger partial charge is 0.278 e. The lowest BCUT2D eigenvalue weighted by molar-refractivity contribution is 0.0391. The van der Waals surface area contributed by atoms with E-state index in [0.717, 1.165) is 49.8 Å². The van der Waals surface area contributed by atoms with E-state index in [1.807, 2.05) is 12.1 Å². The minimum absolute atomic E-state index is 0.187. The van der Waals surface area contributed by atoms with E-state index in [0.29, 0.717) is 30.1 Å². The maximum atomic E-state index is 13.2. The van der Waals surface area contributed by atoms with Gasteiger partial charge in [0.05, 0.1) is 24.6 Å². The Labute approximate surface area is 209 Å². The number of nitrogens with zero attached hydrogens (tertiary/aromatic N) is 8. The fraction of sp³-hybridized carbons (Fsp3) is 0.480. The minimum atomic E-state index is -0.248. The first-order chi connectivity index (χ1) is 17.3. The first-order valence-electron chi connectivity index (χ1n) is 12.3. The molecular formula is C25H33N9O2. The molecule has 1 fully saturated rings. The van der Waals surface area contributed by atoms with Gasteiger partial charge in [-0.25, -0.2) is 14.6 Å². The van der Waals surface area contributed by atoms with Gasteiger partial charge < -0.3 is 9.64 Å². The molecule has 4 aromatic rings. The monoisotopic (exact) mass is 491 g/mol. The molecule has 0 amide bonds. The number of hydrogen-bond donors (Lipinski definition) is 1. The van der Waals surface area contributed by atoms with Crippen LogP contribution in [0, 0.1) is 0 Å². The molecule has 1 aliphatic rings. The van der Waals surface area contributed by atoms with E-state index < -0.39 is 0 Å². The lowest BCUT2D eigenvalue weighted by Crippen LogP contribution is -2.42. The van der Waals surface area contributed by atoms with Gasteiger partial charge in [-0.2, -0.15) is 10.2 Å². The molecule has 0 saturated carbocycles. The SMILES string of the molecule is Cn1nc(C(C)(C)C)c2nc(N(CCN3CCOCC3)Cc3cccc(-n4cncn4)c3)[nH]c(=O)c21. The van der Waals surface area contributed by atoms with Crippen molar-refractivity contribution in [3.05, 3.63) is 58.5 Å². The predicted octanol–water partition coefficient (Wildman–Crippen LogP) is 1.87. The number of rotatable bonds is 7. The number of hydrogen-bond acceptors (Lipinski definition) is 8. The van der Waals surface area contributed by atoms with E-state index in [2.05, 4.69) is 62.9 Å². The molecule has 4 heterocycles. The molecule has 3 aromatic heterocycles. The maximum Gasteiger partial charge on any atom is 0.278 e. The molecule has 0 spiro atoms. The van der Waals surface area contributed by atoms with Gasteiger partial charge in [-0.15, -0.1) is 0 Å². The van der Waals surface area contributed by atoms with Crippen LogP contribution in [-0.2, 0) is 23.7 Å². The third kappa shape index (κ3) is 5.02. The molecule has 0 bridgehead atoms. The molecule has 0 radical (unpaired) electrons. The van der Waals surface area contributed by atoms with Gasteiger partial charge in [0.15, 0.2) is 5.52 Å². The van der Waals surface area contributed by atoms with Crippen molar-refractivity contribution in [2.45, 2.75) is 32.7 Å². The highest BCUT2D eigenvalue weighted by atomic mass is 16.5. The summed E-state index contributed by atoms with van der Waals surface area (Å²) in [6.45, 7) is 11.7. The number of anilines is 1. The molecule has 11 nitrogen and oxygen atoms in total. The van der Waals surface area contributed by atoms with E-state index in [9.17, 15) is 4.79 Å². The summed E-state index contributed by atoms with van der Waals surface area (Å²) in [5, 5.41) is 8.89. The molecule has 190 valence electrons. The van der Waals surface area contributed by atoms with Gasteiger partial charge in [0.2, 0.25) is 5.95 Å². The summed E-state index contributed by atoms with van der Waals surface area (Å²) in [6, 6.07) is 8.15. The fourth-order valence-corrected chi connectivity index (χ4v) is 4.53. The summed E-state index contributed by atoms with van der Waals surface area (Å²) in [5.74, 6) is 0.547. The average molecular weight is 492 g/mol. The second-order valence-corrected chi connectivity index (χ2v) is 10.2. The Morgan fingerprint density at radius 1 is 1.19 bits per heavy atom. The number of morpholine rings is 1. The summed E-state index contributed by atoms with van der Waals surface area (Å²) >= 11 is 0. The Kier molecular flexibility index (Phi) is 6.59. The fourth-order valence-electron chi connectivity index (χ4n) is 4.53. The number of benzene rings is 1. The van der Waals surface area contributed by atoms with Gasteiger partial charge in [0.1, 0.15) is 18.2 Å². The Morgan fingerprint density at radius 2 is 2.00 bits per heavy atom. The van der Waals surface area contributed by atoms with Crippen LogP contribution >= 0.6 is 0 Å². The maximum absolute atomic E-state index is 13.2. The number of aromatic amines is 1. The van der Waals surface area contributed by atoms with Gasteiger partial charge in [0, 0.05) is 45.2 Å². The molecule has 11 heteroatoms. The number of aryl methyl sites for hydroxylation is 1. The van der Waals surface area contributed by atoms with Crippen LogP contribution in [0.1, 0.15) is 32.0 Å². The number of ether oxygens (including phenoxy) is 1. The van der Waals surface area contributed by atoms with Gasteiger partial charge in [-0.05, 0) is 17.7 Å². The van der Waals surface area contributed by atoms with E-state index in [1.165, 1.54) is 6.33 Å². The van der Waals surface area contributed by atoms with Gasteiger partial charge >= 0.3 is 0 Å². The zero-order chi connectivity index (χ0) is 25.3. The topological polar surface area (TPSA) is 110 Å². The van der Waals surface area contributed by atoms with Crippen molar-refractivity contribution in [3.63, 3.8) is 0 Å². The van der Waals surface area contributed by atoms with Gasteiger partial charge in [-0.3, -0.25) is 19.4 Å². The molecular weight excluding hydrogens is 458 g/mol. The van der Waals surface area contributed by atoms with Crippen molar-refractivity contribution in [2.75, 3.05) is 44.3 Å². The predicted molar refractivity (Wildman–Crippen MR) is 137 cm³/mol. The van der Waals surface area contributed by atoms with E-state index >= 15 is 0 Å². The summed E-state index contributed by atoms with van der Waals surface area (Å²) in [5.41, 5.74) is 3.53. The lowest BCUT2D eigenvalue weighted by atomic mass is 9.91. The first-order valence-corrected chi connectivity index (χ1v) is 12.3. The van der Waals surface area contributed by atoms with Crippen molar-refractivity contribution in [2.24, 2.45) is 7.05 Å². The van der Waals surface area contributed by atoms with Crippen LogP contribution in [0.3, 0.4) is 0 Å². The normalized spacial score (nSPS) is 15.0. The first kappa shape index (κ1) is 24.1. The molecule has 1 aliphatic heterocycles. The van der Waals surface area contributed by atoms with Crippen LogP contribution in [0.15, 0.2) is 41.7 Å². The summed E-state index contributed by atoms with van der Waals surface area (Å²) < 4.78 is 8.87. The highest BCUT2D eigenvalue weighted by Gasteiger charge is 2.26. The zero-order valence-corrected chi connectivity index (χ0v) is 21.3. The highest BCUT2D eigenvalue weighted by Crippen LogP contribution is 2.27. The molecule has 5 rings (SSSR count). The van der Waals surface area contributed by atoms with Crippen LogP contribution in [0.4, 0.5) is 5.95 Å². The zero-order valence-electron chi connectivity index (χ0n) is 21.3. The number of H-pyrrole nitrogens is 1. The highest BCUT2D eigenvalue weighted by molar-refractivity contribution is 5.78. The minimum Gasteiger partial charge on any atom is -0.379 e. The molecule has 0 unspecified atom stereocenters. The quantitative estimate of drug-likeness (QED) is 0.417. The van der Waals surface area contributed by atoms with Crippen molar-refractivity contribution in [1.82, 2.24) is 39.4 Å². The van der Waals surface area contributed by atoms with E-state index in [-0.39, 0.29) is 11.0 Å². The second kappa shape index (κ2) is 9.82. The Bertz CT molecular complexity index is 1380. The van der Waals surface area contributed by atoms with Gasteiger partial charge in [0.25, 0.3) is 5.56 Å². The van der Waals surface area contributed by atoms with E-state index in [1.54, 1.807) is 22.7 Å². The summed E-state index contributed by atoms with van der Waals surface area (Å²) in [6.07, 6.45) is 3.20. The number of aromatic nitrogens is 7. The van der Waals surface area contributed by atoms with Crippen molar-refractivity contribution in [3.8, 4) is 5.69 Å².